The van der Waals surface area contributed by atoms with Gasteiger partial charge in [0.1, 0.15) is 5.82 Å². The number of likely N-dealkylation sites (tertiary alicyclic amines) is 1. The molecular weight excluding hydrogens is 314 g/mol. The fraction of sp³-hybridized carbons (Fsp3) is 0.474. The lowest BCUT2D eigenvalue weighted by molar-refractivity contribution is -0.133. The Labute approximate surface area is 148 Å². The van der Waals surface area contributed by atoms with Crippen molar-refractivity contribution in [3.05, 3.63) is 42.5 Å². The third-order valence-corrected chi connectivity index (χ3v) is 4.46. The van der Waals surface area contributed by atoms with E-state index in [2.05, 4.69) is 34.1 Å². The van der Waals surface area contributed by atoms with Crippen molar-refractivity contribution in [2.24, 2.45) is 5.92 Å². The first-order valence-electron chi connectivity index (χ1n) is 8.90. The summed E-state index contributed by atoms with van der Waals surface area (Å²) in [7, 11) is 0. The van der Waals surface area contributed by atoms with Gasteiger partial charge in [-0.05, 0) is 30.9 Å². The Balaban J connectivity index is 1.66. The van der Waals surface area contributed by atoms with Crippen LogP contribution in [-0.2, 0) is 4.79 Å². The summed E-state index contributed by atoms with van der Waals surface area (Å²) >= 11 is 0. The fourth-order valence-electron chi connectivity index (χ4n) is 3.18. The molecule has 1 aliphatic heterocycles. The zero-order valence-corrected chi connectivity index (χ0v) is 14.9. The topological polar surface area (TPSA) is 71.0 Å². The predicted molar refractivity (Wildman–Crippen MR) is 97.6 cm³/mol. The zero-order valence-electron chi connectivity index (χ0n) is 14.9. The highest BCUT2D eigenvalue weighted by molar-refractivity contribution is 5.76. The maximum Gasteiger partial charge on any atom is 0.222 e. The minimum Gasteiger partial charge on any atom is -0.343 e. The number of piperidine rings is 1. The molecule has 3 rings (SSSR count). The average Bonchev–Trinajstić information content (AvgIpc) is 2.63. The molecule has 1 fully saturated rings. The van der Waals surface area contributed by atoms with Crippen molar-refractivity contribution < 1.29 is 4.79 Å². The smallest absolute Gasteiger partial charge is 0.222 e. The van der Waals surface area contributed by atoms with Crippen LogP contribution < -0.4 is 5.32 Å². The minimum absolute atomic E-state index is 0.263. The van der Waals surface area contributed by atoms with Gasteiger partial charge in [-0.25, -0.2) is 9.97 Å². The Hall–Kier alpha value is -2.50. The summed E-state index contributed by atoms with van der Waals surface area (Å²) in [6, 6.07) is 5.72. The van der Waals surface area contributed by atoms with Gasteiger partial charge in [0, 0.05) is 44.0 Å². The van der Waals surface area contributed by atoms with Crippen molar-refractivity contribution >= 4 is 17.5 Å². The van der Waals surface area contributed by atoms with E-state index in [1.54, 1.807) is 18.6 Å². The number of nitrogens with one attached hydrogen (secondary N) is 1. The van der Waals surface area contributed by atoms with Crippen LogP contribution in [0.1, 0.15) is 44.7 Å². The summed E-state index contributed by atoms with van der Waals surface area (Å²) in [5, 5.41) is 3.26. The monoisotopic (exact) mass is 339 g/mol. The van der Waals surface area contributed by atoms with E-state index in [4.69, 9.17) is 0 Å². The molecule has 1 N–H and O–H groups in total. The summed E-state index contributed by atoms with van der Waals surface area (Å²) in [6.07, 6.45) is 7.63. The van der Waals surface area contributed by atoms with E-state index in [9.17, 15) is 4.79 Å². The summed E-state index contributed by atoms with van der Waals surface area (Å²) in [5.74, 6) is 2.49. The van der Waals surface area contributed by atoms with Gasteiger partial charge in [-0.3, -0.25) is 9.78 Å². The van der Waals surface area contributed by atoms with Crippen molar-refractivity contribution in [1.29, 1.82) is 0 Å². The SMILES string of the molecule is CC(C)CC(=O)N1CCC(c2nccnc2Nc2ccccn2)CC1. The third kappa shape index (κ3) is 4.53. The van der Waals surface area contributed by atoms with Crippen molar-refractivity contribution in [3.8, 4) is 0 Å². The van der Waals surface area contributed by atoms with Gasteiger partial charge >= 0.3 is 0 Å². The molecule has 6 heteroatoms. The maximum atomic E-state index is 12.2. The van der Waals surface area contributed by atoms with Crippen molar-refractivity contribution in [1.82, 2.24) is 19.9 Å². The van der Waals surface area contributed by atoms with E-state index in [0.717, 1.165) is 43.3 Å². The Morgan fingerprint density at radius 3 is 2.60 bits per heavy atom. The summed E-state index contributed by atoms with van der Waals surface area (Å²) in [4.78, 5) is 27.5. The van der Waals surface area contributed by atoms with Gasteiger partial charge in [0.05, 0.1) is 5.69 Å². The molecule has 0 unspecified atom stereocenters. The number of nitrogens with zero attached hydrogens (tertiary/aromatic N) is 4. The summed E-state index contributed by atoms with van der Waals surface area (Å²) in [6.45, 7) is 5.74. The van der Waals surface area contributed by atoms with Gasteiger partial charge < -0.3 is 10.2 Å². The molecule has 0 aromatic carbocycles. The number of hydrogen-bond acceptors (Lipinski definition) is 5. The number of hydrogen-bond donors (Lipinski definition) is 1. The van der Waals surface area contributed by atoms with E-state index < -0.39 is 0 Å². The predicted octanol–water partition coefficient (Wildman–Crippen LogP) is 3.37. The van der Waals surface area contributed by atoms with Gasteiger partial charge in [0.2, 0.25) is 5.91 Å². The number of anilines is 2. The first kappa shape index (κ1) is 17.3. The van der Waals surface area contributed by atoms with Crippen LogP contribution in [0.4, 0.5) is 11.6 Å². The molecule has 0 aliphatic carbocycles. The van der Waals surface area contributed by atoms with Crippen molar-refractivity contribution in [2.75, 3.05) is 18.4 Å². The van der Waals surface area contributed by atoms with Gasteiger partial charge in [-0.15, -0.1) is 0 Å². The van der Waals surface area contributed by atoms with Crippen LogP contribution in [-0.4, -0.2) is 38.8 Å². The quantitative estimate of drug-likeness (QED) is 0.904. The normalized spacial score (nSPS) is 15.4. The Morgan fingerprint density at radius 2 is 1.92 bits per heavy atom. The molecular formula is C19H25N5O. The second-order valence-electron chi connectivity index (χ2n) is 6.88. The number of pyridine rings is 1. The van der Waals surface area contributed by atoms with E-state index >= 15 is 0 Å². The molecule has 2 aromatic heterocycles. The molecule has 3 heterocycles. The van der Waals surface area contributed by atoms with E-state index in [1.807, 2.05) is 23.1 Å². The lowest BCUT2D eigenvalue weighted by atomic mass is 9.92. The molecule has 0 saturated carbocycles. The number of carbonyl (C=O) groups excluding carboxylic acids is 1. The molecule has 6 nitrogen and oxygen atoms in total. The van der Waals surface area contributed by atoms with E-state index in [-0.39, 0.29) is 5.91 Å². The highest BCUT2D eigenvalue weighted by Gasteiger charge is 2.26. The molecule has 0 radical (unpaired) electrons. The first-order chi connectivity index (χ1) is 12.1. The van der Waals surface area contributed by atoms with Crippen LogP contribution in [0.15, 0.2) is 36.8 Å². The Morgan fingerprint density at radius 1 is 1.16 bits per heavy atom. The van der Waals surface area contributed by atoms with Gasteiger partial charge in [0.25, 0.3) is 0 Å². The molecule has 1 aliphatic rings. The maximum absolute atomic E-state index is 12.2. The standard InChI is InChI=1S/C19H25N5O/c1-14(2)13-17(25)24-11-6-15(7-12-24)18-19(22-10-9-21-18)23-16-5-3-4-8-20-16/h3-5,8-10,14-15H,6-7,11-13H2,1-2H3,(H,20,22,23). The van der Waals surface area contributed by atoms with Crippen LogP contribution in [0.5, 0.6) is 0 Å². The van der Waals surface area contributed by atoms with Crippen LogP contribution in [0.25, 0.3) is 0 Å². The van der Waals surface area contributed by atoms with Gasteiger partial charge in [-0.2, -0.15) is 0 Å². The second-order valence-corrected chi connectivity index (χ2v) is 6.88. The lowest BCUT2D eigenvalue weighted by Gasteiger charge is -2.32. The van der Waals surface area contributed by atoms with Crippen LogP contribution >= 0.6 is 0 Å². The highest BCUT2D eigenvalue weighted by Crippen LogP contribution is 2.31. The van der Waals surface area contributed by atoms with E-state index in [1.165, 1.54) is 0 Å². The number of aromatic nitrogens is 3. The molecule has 1 amide bonds. The van der Waals surface area contributed by atoms with Gasteiger partial charge in [-0.1, -0.05) is 19.9 Å². The van der Waals surface area contributed by atoms with Crippen molar-refractivity contribution in [2.45, 2.75) is 39.0 Å². The molecule has 25 heavy (non-hydrogen) atoms. The van der Waals surface area contributed by atoms with Crippen LogP contribution in [0.3, 0.4) is 0 Å². The summed E-state index contributed by atoms with van der Waals surface area (Å²) < 4.78 is 0. The fourth-order valence-corrected chi connectivity index (χ4v) is 3.18. The molecule has 0 bridgehead atoms. The number of rotatable bonds is 5. The number of carbonyl (C=O) groups is 1. The Bertz CT molecular complexity index is 696. The van der Waals surface area contributed by atoms with Crippen LogP contribution in [0, 0.1) is 5.92 Å². The van der Waals surface area contributed by atoms with Crippen molar-refractivity contribution in [3.63, 3.8) is 0 Å². The molecule has 2 aromatic rings. The second kappa shape index (κ2) is 8.05. The lowest BCUT2D eigenvalue weighted by Crippen LogP contribution is -2.38. The molecule has 0 atom stereocenters. The average molecular weight is 339 g/mol. The Kier molecular flexibility index (Phi) is 5.58. The molecule has 0 spiro atoms. The summed E-state index contributed by atoms with van der Waals surface area (Å²) in [5.41, 5.74) is 0.962. The number of amides is 1. The molecule has 132 valence electrons. The minimum atomic E-state index is 0.263. The first-order valence-corrected chi connectivity index (χ1v) is 8.90. The zero-order chi connectivity index (χ0) is 17.6. The largest absolute Gasteiger partial charge is 0.343 e. The van der Waals surface area contributed by atoms with E-state index in [0.29, 0.717) is 18.3 Å². The van der Waals surface area contributed by atoms with Crippen LogP contribution in [0.2, 0.25) is 0 Å². The van der Waals surface area contributed by atoms with Gasteiger partial charge in [0.15, 0.2) is 5.82 Å². The highest BCUT2D eigenvalue weighted by atomic mass is 16.2. The third-order valence-electron chi connectivity index (χ3n) is 4.46. The molecule has 1 saturated heterocycles.